The van der Waals surface area contributed by atoms with Crippen molar-refractivity contribution in [2.24, 2.45) is 0 Å². The number of fused-ring (bicyclic) bond motifs is 1. The number of anilines is 1. The van der Waals surface area contributed by atoms with Crippen molar-refractivity contribution >= 4 is 11.3 Å². The smallest absolute Gasteiger partial charge is 0.181 e. The average Bonchev–Trinajstić information content (AvgIpc) is 2.52. The van der Waals surface area contributed by atoms with Crippen LogP contribution in [0.25, 0.3) is 5.65 Å². The molecule has 12 heavy (non-hydrogen) atoms. The number of aryl methyl sites for hydroxylation is 1. The Hall–Kier alpha value is -1.65. The van der Waals surface area contributed by atoms with Crippen LogP contribution in [0.4, 0.5) is 5.69 Å². The summed E-state index contributed by atoms with van der Waals surface area (Å²) < 4.78 is 1.48. The van der Waals surface area contributed by atoms with Gasteiger partial charge in [0.1, 0.15) is 6.33 Å². The van der Waals surface area contributed by atoms with Crippen LogP contribution in [0.1, 0.15) is 12.5 Å². The maximum atomic E-state index is 5.71. The molecule has 0 saturated carbocycles. The Kier molecular flexibility index (Phi) is 1.43. The van der Waals surface area contributed by atoms with Gasteiger partial charge >= 0.3 is 0 Å². The van der Waals surface area contributed by atoms with E-state index >= 15 is 0 Å². The maximum absolute atomic E-state index is 5.71. The topological polar surface area (TPSA) is 69.1 Å². The van der Waals surface area contributed by atoms with Crippen LogP contribution in [0.2, 0.25) is 0 Å². The number of nitrogens with zero attached hydrogens (tertiary/aromatic N) is 4. The minimum atomic E-state index is 0.679. The molecule has 0 aliphatic rings. The van der Waals surface area contributed by atoms with E-state index in [2.05, 4.69) is 15.2 Å². The number of aromatic nitrogens is 4. The Morgan fingerprint density at radius 2 is 2.33 bits per heavy atom. The Bertz CT molecular complexity index is 405. The van der Waals surface area contributed by atoms with Crippen LogP contribution in [-0.4, -0.2) is 19.8 Å². The van der Waals surface area contributed by atoms with Gasteiger partial charge in [-0.05, 0) is 6.42 Å². The SMILES string of the molecule is CCc1c(N)cnn2ncnc12. The molecule has 0 radical (unpaired) electrons. The van der Waals surface area contributed by atoms with Crippen molar-refractivity contribution in [1.29, 1.82) is 0 Å². The van der Waals surface area contributed by atoms with Crippen LogP contribution in [-0.2, 0) is 6.42 Å². The zero-order valence-electron chi connectivity index (χ0n) is 6.73. The third kappa shape index (κ3) is 0.827. The van der Waals surface area contributed by atoms with E-state index in [4.69, 9.17) is 5.73 Å². The molecule has 2 N–H and O–H groups in total. The number of nitrogen functional groups attached to an aromatic ring is 1. The van der Waals surface area contributed by atoms with E-state index in [1.54, 1.807) is 6.20 Å². The van der Waals surface area contributed by atoms with Gasteiger partial charge in [0.15, 0.2) is 5.65 Å². The van der Waals surface area contributed by atoms with Gasteiger partial charge < -0.3 is 5.73 Å². The van der Waals surface area contributed by atoms with Crippen LogP contribution in [0.15, 0.2) is 12.5 Å². The highest BCUT2D eigenvalue weighted by Crippen LogP contribution is 2.14. The summed E-state index contributed by atoms with van der Waals surface area (Å²) in [6, 6.07) is 0. The summed E-state index contributed by atoms with van der Waals surface area (Å²) in [6.07, 6.45) is 3.91. The summed E-state index contributed by atoms with van der Waals surface area (Å²) in [5.74, 6) is 0. The first-order valence-electron chi connectivity index (χ1n) is 3.76. The van der Waals surface area contributed by atoms with Crippen LogP contribution in [0, 0.1) is 0 Å². The lowest BCUT2D eigenvalue weighted by molar-refractivity contribution is 0.794. The van der Waals surface area contributed by atoms with Gasteiger partial charge in [-0.25, -0.2) is 4.98 Å². The monoisotopic (exact) mass is 163 g/mol. The summed E-state index contributed by atoms with van der Waals surface area (Å²) in [5, 5.41) is 7.87. The molecule has 2 aromatic heterocycles. The standard InChI is InChI=1S/C7H9N5/c1-2-5-6(8)3-10-12-7(5)9-4-11-12/h3-4H,2,8H2,1H3. The molecule has 2 aromatic rings. The third-order valence-electron chi connectivity index (χ3n) is 1.81. The van der Waals surface area contributed by atoms with E-state index in [1.165, 1.54) is 11.0 Å². The van der Waals surface area contributed by atoms with Gasteiger partial charge in [0.25, 0.3) is 0 Å². The molecule has 0 aliphatic carbocycles. The lowest BCUT2D eigenvalue weighted by Crippen LogP contribution is -2.02. The van der Waals surface area contributed by atoms with Crippen molar-refractivity contribution in [3.63, 3.8) is 0 Å². The van der Waals surface area contributed by atoms with E-state index in [9.17, 15) is 0 Å². The summed E-state index contributed by atoms with van der Waals surface area (Å²) >= 11 is 0. The number of hydrogen-bond donors (Lipinski definition) is 1. The molecule has 5 nitrogen and oxygen atoms in total. The molecule has 0 aliphatic heterocycles. The molecule has 0 saturated heterocycles. The van der Waals surface area contributed by atoms with Gasteiger partial charge in [-0.3, -0.25) is 0 Å². The minimum absolute atomic E-state index is 0.679. The summed E-state index contributed by atoms with van der Waals surface area (Å²) in [4.78, 5) is 4.06. The molecule has 0 unspecified atom stereocenters. The molecule has 0 amide bonds. The molecule has 0 atom stereocenters. The maximum Gasteiger partial charge on any atom is 0.181 e. The van der Waals surface area contributed by atoms with Crippen molar-refractivity contribution < 1.29 is 0 Å². The second-order valence-corrected chi connectivity index (χ2v) is 2.51. The molecule has 0 aromatic carbocycles. The van der Waals surface area contributed by atoms with E-state index in [0.29, 0.717) is 5.69 Å². The normalized spacial score (nSPS) is 10.8. The predicted octanol–water partition coefficient (Wildman–Crippen LogP) is 0.269. The summed E-state index contributed by atoms with van der Waals surface area (Å²) in [5.41, 5.74) is 8.14. The molecule has 5 heteroatoms. The highest BCUT2D eigenvalue weighted by atomic mass is 15.4. The van der Waals surface area contributed by atoms with E-state index in [0.717, 1.165) is 17.6 Å². The fraction of sp³-hybridized carbons (Fsp3) is 0.286. The molecular weight excluding hydrogens is 154 g/mol. The first kappa shape index (κ1) is 7.02. The van der Waals surface area contributed by atoms with Crippen LogP contribution in [0.5, 0.6) is 0 Å². The van der Waals surface area contributed by atoms with Gasteiger partial charge in [0.05, 0.1) is 11.9 Å². The highest BCUT2D eigenvalue weighted by Gasteiger charge is 2.05. The van der Waals surface area contributed by atoms with Crippen molar-refractivity contribution in [2.45, 2.75) is 13.3 Å². The van der Waals surface area contributed by atoms with Gasteiger partial charge in [-0.2, -0.15) is 5.10 Å². The summed E-state index contributed by atoms with van der Waals surface area (Å²) in [7, 11) is 0. The van der Waals surface area contributed by atoms with Crippen molar-refractivity contribution in [2.75, 3.05) is 5.73 Å². The van der Waals surface area contributed by atoms with Crippen LogP contribution < -0.4 is 5.73 Å². The molecular formula is C7H9N5. The number of rotatable bonds is 1. The quantitative estimate of drug-likeness (QED) is 0.655. The Morgan fingerprint density at radius 3 is 3.08 bits per heavy atom. The van der Waals surface area contributed by atoms with Gasteiger partial charge in [0, 0.05) is 5.56 Å². The fourth-order valence-corrected chi connectivity index (χ4v) is 1.21. The van der Waals surface area contributed by atoms with Crippen LogP contribution in [0.3, 0.4) is 0 Å². The average molecular weight is 163 g/mol. The van der Waals surface area contributed by atoms with Crippen LogP contribution >= 0.6 is 0 Å². The van der Waals surface area contributed by atoms with Crippen molar-refractivity contribution in [3.8, 4) is 0 Å². The Morgan fingerprint density at radius 1 is 1.50 bits per heavy atom. The Balaban J connectivity index is 2.83. The second kappa shape index (κ2) is 2.44. The molecule has 62 valence electrons. The van der Waals surface area contributed by atoms with Gasteiger partial charge in [0.2, 0.25) is 0 Å². The molecule has 0 spiro atoms. The van der Waals surface area contributed by atoms with E-state index in [1.807, 2.05) is 6.92 Å². The van der Waals surface area contributed by atoms with Crippen molar-refractivity contribution in [1.82, 2.24) is 19.8 Å². The third-order valence-corrected chi connectivity index (χ3v) is 1.81. The predicted molar refractivity (Wildman–Crippen MR) is 44.6 cm³/mol. The number of hydrogen-bond acceptors (Lipinski definition) is 4. The van der Waals surface area contributed by atoms with E-state index < -0.39 is 0 Å². The zero-order chi connectivity index (χ0) is 8.55. The van der Waals surface area contributed by atoms with Gasteiger partial charge in [-0.15, -0.1) is 9.73 Å². The molecule has 0 fully saturated rings. The first-order valence-corrected chi connectivity index (χ1v) is 3.76. The molecule has 0 bridgehead atoms. The lowest BCUT2D eigenvalue weighted by atomic mass is 10.2. The molecule has 2 rings (SSSR count). The van der Waals surface area contributed by atoms with Crippen molar-refractivity contribution in [3.05, 3.63) is 18.1 Å². The Labute approximate surface area is 69.2 Å². The largest absolute Gasteiger partial charge is 0.397 e. The second-order valence-electron chi connectivity index (χ2n) is 2.51. The minimum Gasteiger partial charge on any atom is -0.397 e. The molecule has 2 heterocycles. The summed E-state index contributed by atoms with van der Waals surface area (Å²) in [6.45, 7) is 2.03. The number of nitrogens with two attached hydrogens (primary N) is 1. The van der Waals surface area contributed by atoms with Gasteiger partial charge in [-0.1, -0.05) is 6.92 Å². The zero-order valence-corrected chi connectivity index (χ0v) is 6.73. The highest BCUT2D eigenvalue weighted by molar-refractivity contribution is 5.59. The lowest BCUT2D eigenvalue weighted by Gasteiger charge is -2.01. The fourth-order valence-electron chi connectivity index (χ4n) is 1.21. The van der Waals surface area contributed by atoms with E-state index in [-0.39, 0.29) is 0 Å². The first-order chi connectivity index (χ1) is 5.83.